The number of anilines is 1. The highest BCUT2D eigenvalue weighted by Crippen LogP contribution is 2.30. The normalized spacial score (nSPS) is 21.9. The van der Waals surface area contributed by atoms with Gasteiger partial charge in [0.15, 0.2) is 0 Å². The maximum absolute atomic E-state index is 13.3. The highest BCUT2D eigenvalue weighted by molar-refractivity contribution is 6.23. The summed E-state index contributed by atoms with van der Waals surface area (Å²) in [5.74, 6) is -1.04. The van der Waals surface area contributed by atoms with Gasteiger partial charge in [0.1, 0.15) is 18.5 Å². The lowest BCUT2D eigenvalue weighted by Gasteiger charge is -2.36. The standard InChI is InChI=1S/C28H37N7O6/c1-29-26(37)25(3-2-16-36)34-27(38)23-5-4-21(17-24(23)28(34)39)33-14-12-32(13-15-33)11-8-20-6-9-30-18-22(35(40)41)19-31-10-7-20/h4-5,16-20,25,30H,2-3,6-15H2,1H3,(H,29,37)/b22-18+,31-19?. The van der Waals surface area contributed by atoms with Crippen LogP contribution in [0.3, 0.4) is 0 Å². The number of carbonyl (C=O) groups excluding carboxylic acids is 4. The molecular weight excluding hydrogens is 530 g/mol. The van der Waals surface area contributed by atoms with E-state index < -0.39 is 28.7 Å². The number of likely N-dealkylation sites (N-methyl/N-ethyl adjacent to an activating group) is 1. The van der Waals surface area contributed by atoms with Gasteiger partial charge in [-0.3, -0.25) is 39.3 Å². The van der Waals surface area contributed by atoms with Gasteiger partial charge < -0.3 is 20.3 Å². The number of piperazine rings is 1. The van der Waals surface area contributed by atoms with Gasteiger partial charge in [0.2, 0.25) is 5.91 Å². The molecule has 1 fully saturated rings. The van der Waals surface area contributed by atoms with Crippen LogP contribution in [-0.4, -0.2) is 104 Å². The summed E-state index contributed by atoms with van der Waals surface area (Å²) in [6.07, 6.45) is 6.38. The van der Waals surface area contributed by atoms with Gasteiger partial charge in [-0.1, -0.05) is 0 Å². The predicted molar refractivity (Wildman–Crippen MR) is 153 cm³/mol. The molecule has 0 saturated carbocycles. The number of allylic oxidation sites excluding steroid dienone is 1. The lowest BCUT2D eigenvalue weighted by atomic mass is 9.97. The minimum Gasteiger partial charge on any atom is -0.385 e. The number of rotatable bonds is 10. The Morgan fingerprint density at radius 2 is 1.95 bits per heavy atom. The molecular formula is C28H37N7O6. The first kappa shape index (κ1) is 29.8. The summed E-state index contributed by atoms with van der Waals surface area (Å²) in [7, 11) is 1.44. The van der Waals surface area contributed by atoms with Crippen LogP contribution in [-0.2, 0) is 9.59 Å². The molecule has 0 aliphatic carbocycles. The first-order chi connectivity index (χ1) is 19.8. The summed E-state index contributed by atoms with van der Waals surface area (Å²) in [5, 5.41) is 16.5. The number of amides is 3. The van der Waals surface area contributed by atoms with Gasteiger partial charge in [-0.2, -0.15) is 0 Å². The molecule has 3 aliphatic rings. The van der Waals surface area contributed by atoms with E-state index in [1.54, 1.807) is 12.1 Å². The molecule has 41 heavy (non-hydrogen) atoms. The van der Waals surface area contributed by atoms with Gasteiger partial charge in [0.25, 0.3) is 11.8 Å². The van der Waals surface area contributed by atoms with Crippen LogP contribution in [0.5, 0.6) is 0 Å². The summed E-state index contributed by atoms with van der Waals surface area (Å²) in [4.78, 5) is 70.0. The van der Waals surface area contributed by atoms with Crippen LogP contribution in [0.2, 0.25) is 0 Å². The zero-order valence-electron chi connectivity index (χ0n) is 23.3. The molecule has 220 valence electrons. The van der Waals surface area contributed by atoms with E-state index in [-0.39, 0.29) is 29.7 Å². The molecule has 2 atom stereocenters. The molecule has 13 heteroatoms. The summed E-state index contributed by atoms with van der Waals surface area (Å²) in [6, 6.07) is 4.19. The molecule has 0 radical (unpaired) electrons. The second-order valence-electron chi connectivity index (χ2n) is 10.5. The summed E-state index contributed by atoms with van der Waals surface area (Å²) >= 11 is 0. The van der Waals surface area contributed by atoms with Crippen molar-refractivity contribution in [3.05, 3.63) is 51.3 Å². The maximum atomic E-state index is 13.3. The van der Waals surface area contributed by atoms with Crippen molar-refractivity contribution in [2.45, 2.75) is 38.1 Å². The number of fused-ring (bicyclic) bond motifs is 1. The van der Waals surface area contributed by atoms with Gasteiger partial charge in [0, 0.05) is 58.4 Å². The van der Waals surface area contributed by atoms with Crippen molar-refractivity contribution >= 4 is 35.9 Å². The van der Waals surface area contributed by atoms with Crippen LogP contribution >= 0.6 is 0 Å². The molecule has 3 heterocycles. The van der Waals surface area contributed by atoms with Gasteiger partial charge in [-0.05, 0) is 56.3 Å². The van der Waals surface area contributed by atoms with E-state index in [4.69, 9.17) is 0 Å². The molecule has 4 rings (SSSR count). The largest absolute Gasteiger partial charge is 0.385 e. The smallest absolute Gasteiger partial charge is 0.302 e. The molecule has 1 aromatic carbocycles. The first-order valence-corrected chi connectivity index (χ1v) is 14.1. The Morgan fingerprint density at radius 3 is 2.66 bits per heavy atom. The van der Waals surface area contributed by atoms with E-state index in [0.29, 0.717) is 25.3 Å². The highest BCUT2D eigenvalue weighted by Gasteiger charge is 2.42. The molecule has 3 aliphatic heterocycles. The summed E-state index contributed by atoms with van der Waals surface area (Å²) < 4.78 is 0. The van der Waals surface area contributed by atoms with Crippen molar-refractivity contribution in [3.63, 3.8) is 0 Å². The van der Waals surface area contributed by atoms with Crippen LogP contribution < -0.4 is 15.5 Å². The molecule has 1 aromatic rings. The highest BCUT2D eigenvalue weighted by atomic mass is 16.6. The third-order valence-corrected chi connectivity index (χ3v) is 7.96. The number of hydrogen-bond donors (Lipinski definition) is 2. The van der Waals surface area contributed by atoms with Crippen LogP contribution in [0.15, 0.2) is 35.1 Å². The minimum atomic E-state index is -1.03. The number of nitrogens with one attached hydrogen (secondary N) is 2. The van der Waals surface area contributed by atoms with E-state index >= 15 is 0 Å². The molecule has 13 nitrogen and oxygen atoms in total. The second kappa shape index (κ2) is 14.0. The van der Waals surface area contributed by atoms with Crippen molar-refractivity contribution < 1.29 is 24.1 Å². The van der Waals surface area contributed by atoms with Gasteiger partial charge >= 0.3 is 5.70 Å². The van der Waals surface area contributed by atoms with Crippen LogP contribution in [0.1, 0.15) is 52.8 Å². The van der Waals surface area contributed by atoms with E-state index in [1.165, 1.54) is 19.5 Å². The van der Waals surface area contributed by atoms with E-state index in [0.717, 1.165) is 62.6 Å². The lowest BCUT2D eigenvalue weighted by Crippen LogP contribution is -2.48. The van der Waals surface area contributed by atoms with Gasteiger partial charge in [0.05, 0.1) is 22.3 Å². The number of carbonyl (C=O) groups is 4. The summed E-state index contributed by atoms with van der Waals surface area (Å²) in [6.45, 7) is 5.47. The topological polar surface area (TPSA) is 158 Å². The monoisotopic (exact) mass is 567 g/mol. The molecule has 2 N–H and O–H groups in total. The van der Waals surface area contributed by atoms with Crippen molar-refractivity contribution in [1.29, 1.82) is 0 Å². The molecule has 0 spiro atoms. The molecule has 2 unspecified atom stereocenters. The first-order valence-electron chi connectivity index (χ1n) is 14.1. The Balaban J connectivity index is 1.31. The Bertz CT molecular complexity index is 1220. The number of nitro groups is 1. The van der Waals surface area contributed by atoms with Crippen LogP contribution in [0.4, 0.5) is 5.69 Å². The second-order valence-corrected chi connectivity index (χ2v) is 10.5. The lowest BCUT2D eigenvalue weighted by molar-refractivity contribution is -0.414. The zero-order valence-corrected chi connectivity index (χ0v) is 23.3. The van der Waals surface area contributed by atoms with Crippen molar-refractivity contribution in [1.82, 2.24) is 20.4 Å². The Hall–Kier alpha value is -4.13. The van der Waals surface area contributed by atoms with Crippen LogP contribution in [0.25, 0.3) is 0 Å². The fourth-order valence-electron chi connectivity index (χ4n) is 5.54. The van der Waals surface area contributed by atoms with Crippen molar-refractivity contribution in [3.8, 4) is 0 Å². The number of hydrogen-bond acceptors (Lipinski definition) is 10. The Kier molecular flexibility index (Phi) is 10.2. The zero-order chi connectivity index (χ0) is 29.4. The number of aldehydes is 1. The number of aliphatic imine (C=N–C) groups is 1. The Labute approximate surface area is 238 Å². The average Bonchev–Trinajstić information content (AvgIpc) is 3.23. The van der Waals surface area contributed by atoms with Gasteiger partial charge in [-0.15, -0.1) is 0 Å². The quantitative estimate of drug-likeness (QED) is 0.183. The predicted octanol–water partition coefficient (Wildman–Crippen LogP) is 1.08. The number of nitrogens with zero attached hydrogens (tertiary/aromatic N) is 5. The third kappa shape index (κ3) is 7.15. The minimum absolute atomic E-state index is 0.0272. The third-order valence-electron chi connectivity index (χ3n) is 7.96. The fraction of sp³-hybridized carbons (Fsp3) is 0.536. The van der Waals surface area contributed by atoms with E-state index in [1.807, 2.05) is 6.07 Å². The maximum Gasteiger partial charge on any atom is 0.302 e. The Morgan fingerprint density at radius 1 is 1.20 bits per heavy atom. The van der Waals surface area contributed by atoms with Crippen LogP contribution in [0, 0.1) is 16.0 Å². The molecule has 0 bridgehead atoms. The van der Waals surface area contributed by atoms with E-state index in [2.05, 4.69) is 25.4 Å². The molecule has 1 saturated heterocycles. The summed E-state index contributed by atoms with van der Waals surface area (Å²) in [5.41, 5.74) is 1.38. The number of imide groups is 1. The number of benzene rings is 1. The van der Waals surface area contributed by atoms with Gasteiger partial charge in [-0.25, -0.2) is 0 Å². The fourth-order valence-corrected chi connectivity index (χ4v) is 5.54. The molecule has 3 amide bonds. The van der Waals surface area contributed by atoms with E-state index in [9.17, 15) is 29.3 Å². The van der Waals surface area contributed by atoms with Crippen molar-refractivity contribution in [2.75, 3.05) is 57.8 Å². The SMILES string of the molecule is CNC(=O)C(CCC=O)N1C(=O)c2ccc(N3CCN(CCC4CCN=C/C([N+](=O)[O-])=C\NCC4)CC3)cc2C1=O. The molecule has 0 aromatic heterocycles. The van der Waals surface area contributed by atoms with Crippen molar-refractivity contribution in [2.24, 2.45) is 10.9 Å². The average molecular weight is 568 g/mol.